The first-order chi connectivity index (χ1) is 15.0. The van der Waals surface area contributed by atoms with Gasteiger partial charge < -0.3 is 14.8 Å². The molecule has 0 saturated carbocycles. The highest BCUT2D eigenvalue weighted by Crippen LogP contribution is 2.15. The summed E-state index contributed by atoms with van der Waals surface area (Å²) in [6.45, 7) is 2.33. The summed E-state index contributed by atoms with van der Waals surface area (Å²) in [4.78, 5) is 41.6. The number of methoxy groups -OCH3 is 1. The molecule has 162 valence electrons. The van der Waals surface area contributed by atoms with Gasteiger partial charge in [0.15, 0.2) is 6.61 Å². The third-order valence-electron chi connectivity index (χ3n) is 4.68. The Labute approximate surface area is 179 Å². The van der Waals surface area contributed by atoms with Crippen LogP contribution in [0.2, 0.25) is 0 Å². The van der Waals surface area contributed by atoms with Gasteiger partial charge in [-0.05, 0) is 31.2 Å². The summed E-state index contributed by atoms with van der Waals surface area (Å²) < 4.78 is 11.4. The van der Waals surface area contributed by atoms with Crippen molar-refractivity contribution in [1.29, 1.82) is 0 Å². The molecule has 8 heteroatoms. The third-order valence-corrected chi connectivity index (χ3v) is 4.68. The topological polar surface area (TPSA) is 99.5 Å². The molecule has 1 heterocycles. The molecule has 2 aromatic carbocycles. The Balaban J connectivity index is 1.77. The minimum atomic E-state index is -0.542. The maximum absolute atomic E-state index is 13.2. The van der Waals surface area contributed by atoms with Crippen LogP contribution in [0.15, 0.2) is 53.3 Å². The Kier molecular flexibility index (Phi) is 7.50. The summed E-state index contributed by atoms with van der Waals surface area (Å²) in [5.74, 6) is -0.486. The van der Waals surface area contributed by atoms with Crippen LogP contribution in [0.25, 0.3) is 16.6 Å². The van der Waals surface area contributed by atoms with E-state index < -0.39 is 11.9 Å². The molecule has 1 amide bonds. The normalized spacial score (nSPS) is 10.8. The molecule has 1 aromatic heterocycles. The zero-order valence-corrected chi connectivity index (χ0v) is 17.6. The van der Waals surface area contributed by atoms with Crippen LogP contribution in [0.4, 0.5) is 0 Å². The van der Waals surface area contributed by atoms with Crippen LogP contribution in [0.3, 0.4) is 0 Å². The molecule has 0 bridgehead atoms. The number of nitrogens with one attached hydrogen (secondary N) is 1. The predicted octanol–water partition coefficient (Wildman–Crippen LogP) is 1.93. The number of ether oxygens (including phenoxy) is 2. The fourth-order valence-corrected chi connectivity index (χ4v) is 3.08. The van der Waals surface area contributed by atoms with Crippen molar-refractivity contribution in [2.24, 2.45) is 0 Å². The fourth-order valence-electron chi connectivity index (χ4n) is 3.08. The number of carbonyl (C=O) groups is 2. The molecule has 1 N–H and O–H groups in total. The van der Waals surface area contributed by atoms with Crippen LogP contribution in [0.5, 0.6) is 0 Å². The van der Waals surface area contributed by atoms with E-state index >= 15 is 0 Å². The SMILES string of the molecule is COCCNC(=O)COC(=O)CCc1nc2ccccc2c(=O)n1-c1ccc(C)cc1. The van der Waals surface area contributed by atoms with E-state index in [0.29, 0.717) is 35.6 Å². The van der Waals surface area contributed by atoms with Crippen LogP contribution in [-0.4, -0.2) is 48.3 Å². The monoisotopic (exact) mass is 423 g/mol. The van der Waals surface area contributed by atoms with E-state index in [1.165, 1.54) is 11.7 Å². The van der Waals surface area contributed by atoms with Gasteiger partial charge in [0.25, 0.3) is 11.5 Å². The van der Waals surface area contributed by atoms with E-state index in [1.807, 2.05) is 37.3 Å². The number of esters is 1. The summed E-state index contributed by atoms with van der Waals surface area (Å²) >= 11 is 0. The number of rotatable bonds is 9. The molecule has 0 aliphatic carbocycles. The second-order valence-corrected chi connectivity index (χ2v) is 7.02. The van der Waals surface area contributed by atoms with Crippen molar-refractivity contribution in [3.05, 3.63) is 70.3 Å². The van der Waals surface area contributed by atoms with Crippen LogP contribution in [0.1, 0.15) is 17.8 Å². The lowest BCUT2D eigenvalue weighted by atomic mass is 10.2. The Hall–Kier alpha value is -3.52. The summed E-state index contributed by atoms with van der Waals surface area (Å²) in [6.07, 6.45) is 0.181. The lowest BCUT2D eigenvalue weighted by molar-refractivity contribution is -0.148. The largest absolute Gasteiger partial charge is 0.456 e. The van der Waals surface area contributed by atoms with E-state index in [4.69, 9.17) is 9.47 Å². The van der Waals surface area contributed by atoms with Crippen molar-refractivity contribution in [2.75, 3.05) is 26.9 Å². The van der Waals surface area contributed by atoms with Crippen molar-refractivity contribution < 1.29 is 19.1 Å². The predicted molar refractivity (Wildman–Crippen MR) is 116 cm³/mol. The highest BCUT2D eigenvalue weighted by Gasteiger charge is 2.15. The van der Waals surface area contributed by atoms with E-state index in [9.17, 15) is 14.4 Å². The Morgan fingerprint density at radius 3 is 2.58 bits per heavy atom. The van der Waals surface area contributed by atoms with Gasteiger partial charge in [-0.2, -0.15) is 0 Å². The highest BCUT2D eigenvalue weighted by molar-refractivity contribution is 5.80. The van der Waals surface area contributed by atoms with E-state index in [2.05, 4.69) is 10.3 Å². The first-order valence-corrected chi connectivity index (χ1v) is 9.98. The highest BCUT2D eigenvalue weighted by atomic mass is 16.5. The lowest BCUT2D eigenvalue weighted by Crippen LogP contribution is -2.31. The molecule has 3 rings (SSSR count). The number of para-hydroxylation sites is 1. The van der Waals surface area contributed by atoms with Crippen molar-refractivity contribution in [3.63, 3.8) is 0 Å². The molecule has 0 aliphatic rings. The van der Waals surface area contributed by atoms with Crippen molar-refractivity contribution in [1.82, 2.24) is 14.9 Å². The van der Waals surface area contributed by atoms with Gasteiger partial charge >= 0.3 is 5.97 Å². The third kappa shape index (κ3) is 5.76. The van der Waals surface area contributed by atoms with Gasteiger partial charge in [0.1, 0.15) is 5.82 Å². The Bertz CT molecular complexity index is 1120. The minimum absolute atomic E-state index is 0.0119. The van der Waals surface area contributed by atoms with Gasteiger partial charge in [-0.15, -0.1) is 0 Å². The molecule has 0 spiro atoms. The first kappa shape index (κ1) is 22.2. The van der Waals surface area contributed by atoms with Gasteiger partial charge in [-0.1, -0.05) is 29.8 Å². The molecule has 31 heavy (non-hydrogen) atoms. The fraction of sp³-hybridized carbons (Fsp3) is 0.304. The minimum Gasteiger partial charge on any atom is -0.456 e. The van der Waals surface area contributed by atoms with Gasteiger partial charge in [0, 0.05) is 20.1 Å². The van der Waals surface area contributed by atoms with Gasteiger partial charge in [-0.25, -0.2) is 4.98 Å². The standard InChI is InChI=1S/C23H25N3O5/c1-16-7-9-17(10-8-16)26-20(25-19-6-4-3-5-18(19)23(26)29)11-12-22(28)31-15-21(27)24-13-14-30-2/h3-10H,11-15H2,1-2H3,(H,24,27). The molecule has 8 nitrogen and oxygen atoms in total. The average Bonchev–Trinajstić information content (AvgIpc) is 2.77. The number of nitrogens with zero attached hydrogens (tertiary/aromatic N) is 2. The number of hydrogen-bond acceptors (Lipinski definition) is 6. The number of aromatic nitrogens is 2. The number of hydrogen-bond donors (Lipinski definition) is 1. The molecular formula is C23H25N3O5. The maximum Gasteiger partial charge on any atom is 0.306 e. The molecule has 0 unspecified atom stereocenters. The molecule has 3 aromatic rings. The zero-order valence-electron chi connectivity index (χ0n) is 17.6. The molecule has 0 radical (unpaired) electrons. The summed E-state index contributed by atoms with van der Waals surface area (Å²) in [5.41, 5.74) is 2.11. The Morgan fingerprint density at radius 2 is 1.84 bits per heavy atom. The summed E-state index contributed by atoms with van der Waals surface area (Å²) in [6, 6.07) is 14.6. The lowest BCUT2D eigenvalue weighted by Gasteiger charge is -2.14. The molecular weight excluding hydrogens is 398 g/mol. The van der Waals surface area contributed by atoms with E-state index in [1.54, 1.807) is 18.2 Å². The second kappa shape index (κ2) is 10.5. The quantitative estimate of drug-likeness (QED) is 0.417. The molecule has 0 fully saturated rings. The second-order valence-electron chi connectivity index (χ2n) is 7.02. The van der Waals surface area contributed by atoms with Crippen molar-refractivity contribution >= 4 is 22.8 Å². The van der Waals surface area contributed by atoms with Crippen molar-refractivity contribution in [3.8, 4) is 5.69 Å². The number of aryl methyl sites for hydroxylation is 2. The number of carbonyl (C=O) groups excluding carboxylic acids is 2. The number of benzene rings is 2. The number of amides is 1. The molecule has 0 atom stereocenters. The van der Waals surface area contributed by atoms with Crippen LogP contribution >= 0.6 is 0 Å². The van der Waals surface area contributed by atoms with Crippen LogP contribution in [0, 0.1) is 6.92 Å². The van der Waals surface area contributed by atoms with Crippen LogP contribution in [-0.2, 0) is 25.5 Å². The van der Waals surface area contributed by atoms with E-state index in [0.717, 1.165) is 5.56 Å². The average molecular weight is 423 g/mol. The van der Waals surface area contributed by atoms with Gasteiger partial charge in [0.05, 0.1) is 29.6 Å². The van der Waals surface area contributed by atoms with Crippen molar-refractivity contribution in [2.45, 2.75) is 19.8 Å². The van der Waals surface area contributed by atoms with E-state index in [-0.39, 0.29) is 25.0 Å². The van der Waals surface area contributed by atoms with Crippen LogP contribution < -0.4 is 10.9 Å². The van der Waals surface area contributed by atoms with Gasteiger partial charge in [0.2, 0.25) is 0 Å². The maximum atomic E-state index is 13.2. The molecule has 0 aliphatic heterocycles. The first-order valence-electron chi connectivity index (χ1n) is 9.98. The summed E-state index contributed by atoms with van der Waals surface area (Å²) in [5, 5.41) is 3.08. The zero-order chi connectivity index (χ0) is 22.2. The Morgan fingerprint density at radius 1 is 1.10 bits per heavy atom. The summed E-state index contributed by atoms with van der Waals surface area (Å²) in [7, 11) is 1.53. The van der Waals surface area contributed by atoms with Gasteiger partial charge in [-0.3, -0.25) is 19.0 Å². The number of fused-ring (bicyclic) bond motifs is 1. The smallest absolute Gasteiger partial charge is 0.306 e. The molecule has 0 saturated heterocycles.